The van der Waals surface area contributed by atoms with Crippen molar-refractivity contribution in [2.45, 2.75) is 66.2 Å². The maximum Gasteiger partial charge on any atom is -0.0249 e. The third-order valence-electron chi connectivity index (χ3n) is 4.19. The fraction of sp³-hybridized carbons (Fsp3) is 1.00. The van der Waals surface area contributed by atoms with Crippen LogP contribution in [-0.4, -0.2) is 0 Å². The van der Waals surface area contributed by atoms with E-state index >= 15 is 0 Å². The molecule has 1 aliphatic carbocycles. The topological polar surface area (TPSA) is 0 Å². The van der Waals surface area contributed by atoms with E-state index in [9.17, 15) is 0 Å². The zero-order chi connectivity index (χ0) is 9.90. The Labute approximate surface area is 84.1 Å². The maximum atomic E-state index is 2.43. The monoisotopic (exact) mass is 182 g/mol. The van der Waals surface area contributed by atoms with E-state index in [1.165, 1.54) is 38.5 Å². The van der Waals surface area contributed by atoms with Crippen molar-refractivity contribution in [1.29, 1.82) is 0 Å². The zero-order valence-electron chi connectivity index (χ0n) is 9.90. The maximum absolute atomic E-state index is 2.43. The number of hydrogen-bond acceptors (Lipinski definition) is 0. The van der Waals surface area contributed by atoms with Crippen LogP contribution in [0.25, 0.3) is 0 Å². The quantitative estimate of drug-likeness (QED) is 0.561. The van der Waals surface area contributed by atoms with Crippen LogP contribution in [0.5, 0.6) is 0 Å². The highest BCUT2D eigenvalue weighted by Gasteiger charge is 2.44. The first-order valence-electron chi connectivity index (χ1n) is 6.17. The molecule has 0 nitrogen and oxygen atoms in total. The van der Waals surface area contributed by atoms with Crippen LogP contribution in [0.2, 0.25) is 0 Å². The van der Waals surface area contributed by atoms with Gasteiger partial charge in [-0.1, -0.05) is 40.5 Å². The lowest BCUT2D eigenvalue weighted by Gasteiger charge is -2.37. The van der Waals surface area contributed by atoms with Crippen LogP contribution in [0.3, 0.4) is 0 Å². The smallest absolute Gasteiger partial charge is 0.0249 e. The Morgan fingerprint density at radius 1 is 1.23 bits per heavy atom. The second-order valence-corrected chi connectivity index (χ2v) is 5.12. The highest BCUT2D eigenvalue weighted by Crippen LogP contribution is 2.54. The van der Waals surface area contributed by atoms with Crippen LogP contribution in [0, 0.1) is 17.3 Å². The molecular formula is C13H26. The summed E-state index contributed by atoms with van der Waals surface area (Å²) in [6.07, 6.45) is 8.69. The normalized spacial score (nSPS) is 21.9. The summed E-state index contributed by atoms with van der Waals surface area (Å²) < 4.78 is 0. The highest BCUT2D eigenvalue weighted by molar-refractivity contribution is 4.94. The van der Waals surface area contributed by atoms with Gasteiger partial charge >= 0.3 is 0 Å². The lowest BCUT2D eigenvalue weighted by atomic mass is 9.68. The van der Waals surface area contributed by atoms with Gasteiger partial charge in [-0.05, 0) is 42.9 Å². The van der Waals surface area contributed by atoms with Crippen molar-refractivity contribution in [2.75, 3.05) is 0 Å². The van der Waals surface area contributed by atoms with Gasteiger partial charge in [0.1, 0.15) is 0 Å². The largest absolute Gasteiger partial charge is 0.0654 e. The van der Waals surface area contributed by atoms with Crippen LogP contribution in [0.4, 0.5) is 0 Å². The third-order valence-corrected chi connectivity index (χ3v) is 4.19. The van der Waals surface area contributed by atoms with Gasteiger partial charge in [0.05, 0.1) is 0 Å². The molecule has 78 valence electrons. The molecule has 1 aliphatic rings. The van der Waals surface area contributed by atoms with Crippen molar-refractivity contribution in [3.8, 4) is 0 Å². The molecule has 0 heteroatoms. The Hall–Kier alpha value is 0. The Bertz CT molecular complexity index is 140. The number of hydrogen-bond donors (Lipinski definition) is 0. The van der Waals surface area contributed by atoms with Crippen LogP contribution < -0.4 is 0 Å². The molecule has 0 spiro atoms. The molecule has 0 bridgehead atoms. The third kappa shape index (κ3) is 2.27. The van der Waals surface area contributed by atoms with Gasteiger partial charge in [0.15, 0.2) is 0 Å². The Balaban J connectivity index is 2.58. The lowest BCUT2D eigenvalue weighted by molar-refractivity contribution is 0.123. The average Bonchev–Trinajstić information content (AvgIpc) is 2.90. The summed E-state index contributed by atoms with van der Waals surface area (Å²) in [6, 6.07) is 0. The summed E-state index contributed by atoms with van der Waals surface area (Å²) in [6.45, 7) is 9.57. The lowest BCUT2D eigenvalue weighted by Crippen LogP contribution is -2.29. The molecule has 0 aromatic heterocycles. The van der Waals surface area contributed by atoms with Crippen molar-refractivity contribution in [2.24, 2.45) is 17.3 Å². The SMILES string of the molecule is CCCCC(CC)(C(C)C)C1CC1. The van der Waals surface area contributed by atoms with E-state index in [0.29, 0.717) is 5.41 Å². The molecule has 0 saturated heterocycles. The second kappa shape index (κ2) is 4.48. The molecule has 1 fully saturated rings. The fourth-order valence-electron chi connectivity index (χ4n) is 3.00. The van der Waals surface area contributed by atoms with Crippen LogP contribution >= 0.6 is 0 Å². The minimum atomic E-state index is 0.704. The van der Waals surface area contributed by atoms with Gasteiger partial charge < -0.3 is 0 Å². The van der Waals surface area contributed by atoms with Crippen molar-refractivity contribution >= 4 is 0 Å². The molecule has 0 radical (unpaired) electrons. The molecule has 13 heavy (non-hydrogen) atoms. The Kier molecular flexibility index (Phi) is 3.82. The van der Waals surface area contributed by atoms with E-state index in [1.54, 1.807) is 0 Å². The average molecular weight is 182 g/mol. The summed E-state index contributed by atoms with van der Waals surface area (Å²) in [7, 11) is 0. The molecule has 1 rings (SSSR count). The van der Waals surface area contributed by atoms with E-state index in [1.807, 2.05) is 0 Å². The predicted octanol–water partition coefficient (Wildman–Crippen LogP) is 4.64. The van der Waals surface area contributed by atoms with E-state index < -0.39 is 0 Å². The highest BCUT2D eigenvalue weighted by atomic mass is 14.5. The van der Waals surface area contributed by atoms with Crippen molar-refractivity contribution in [3.05, 3.63) is 0 Å². The molecule has 1 unspecified atom stereocenters. The Morgan fingerprint density at radius 3 is 2.15 bits per heavy atom. The first kappa shape index (κ1) is 11.1. The van der Waals surface area contributed by atoms with E-state index in [2.05, 4.69) is 27.7 Å². The van der Waals surface area contributed by atoms with Gasteiger partial charge in [0.25, 0.3) is 0 Å². The van der Waals surface area contributed by atoms with E-state index in [4.69, 9.17) is 0 Å². The minimum Gasteiger partial charge on any atom is -0.0654 e. The first-order valence-corrected chi connectivity index (χ1v) is 6.17. The van der Waals surface area contributed by atoms with Gasteiger partial charge in [-0.15, -0.1) is 0 Å². The van der Waals surface area contributed by atoms with Crippen molar-refractivity contribution < 1.29 is 0 Å². The number of unbranched alkanes of at least 4 members (excludes halogenated alkanes) is 1. The molecule has 0 N–H and O–H groups in total. The van der Waals surface area contributed by atoms with Crippen LogP contribution in [0.1, 0.15) is 66.2 Å². The van der Waals surface area contributed by atoms with Gasteiger partial charge in [-0.25, -0.2) is 0 Å². The van der Waals surface area contributed by atoms with Crippen molar-refractivity contribution in [3.63, 3.8) is 0 Å². The minimum absolute atomic E-state index is 0.704. The predicted molar refractivity (Wildman–Crippen MR) is 59.8 cm³/mol. The van der Waals surface area contributed by atoms with Crippen molar-refractivity contribution in [1.82, 2.24) is 0 Å². The van der Waals surface area contributed by atoms with Gasteiger partial charge in [0, 0.05) is 0 Å². The summed E-state index contributed by atoms with van der Waals surface area (Å²) in [5.41, 5.74) is 0.704. The van der Waals surface area contributed by atoms with Gasteiger partial charge in [-0.2, -0.15) is 0 Å². The molecule has 0 amide bonds. The molecular weight excluding hydrogens is 156 g/mol. The summed E-state index contributed by atoms with van der Waals surface area (Å²) in [4.78, 5) is 0. The van der Waals surface area contributed by atoms with Crippen LogP contribution in [-0.2, 0) is 0 Å². The molecule has 0 heterocycles. The van der Waals surface area contributed by atoms with E-state index in [-0.39, 0.29) is 0 Å². The fourth-order valence-corrected chi connectivity index (χ4v) is 3.00. The molecule has 0 aromatic rings. The molecule has 1 atom stereocenters. The molecule has 0 aliphatic heterocycles. The van der Waals surface area contributed by atoms with Gasteiger partial charge in [-0.3, -0.25) is 0 Å². The summed E-state index contributed by atoms with van der Waals surface area (Å²) in [5.74, 6) is 1.96. The van der Waals surface area contributed by atoms with E-state index in [0.717, 1.165) is 11.8 Å². The number of rotatable bonds is 6. The van der Waals surface area contributed by atoms with Crippen LogP contribution in [0.15, 0.2) is 0 Å². The summed E-state index contributed by atoms with van der Waals surface area (Å²) >= 11 is 0. The second-order valence-electron chi connectivity index (χ2n) is 5.12. The zero-order valence-corrected chi connectivity index (χ0v) is 9.90. The first-order chi connectivity index (χ1) is 6.17. The standard InChI is InChI=1S/C13H26/c1-5-7-10-13(6-2,11(3)4)12-8-9-12/h11-12H,5-10H2,1-4H3. The molecule has 0 aromatic carbocycles. The Morgan fingerprint density at radius 2 is 1.85 bits per heavy atom. The molecule has 1 saturated carbocycles. The summed E-state index contributed by atoms with van der Waals surface area (Å²) in [5, 5.41) is 0. The van der Waals surface area contributed by atoms with Gasteiger partial charge in [0.2, 0.25) is 0 Å².